The summed E-state index contributed by atoms with van der Waals surface area (Å²) < 4.78 is 7.71. The Balaban J connectivity index is 2.19. The van der Waals surface area contributed by atoms with Crippen molar-refractivity contribution in [2.75, 3.05) is 0 Å². The minimum absolute atomic E-state index is 0.0713. The predicted molar refractivity (Wildman–Crippen MR) is 88.9 cm³/mol. The monoisotopic (exact) mass is 434 g/mol. The zero-order valence-corrected chi connectivity index (χ0v) is 14.9. The number of oxazole rings is 1. The number of rotatable bonds is 3. The summed E-state index contributed by atoms with van der Waals surface area (Å²) in [5, 5.41) is 3.39. The molecule has 0 saturated heterocycles. The molecule has 0 aliphatic carbocycles. The van der Waals surface area contributed by atoms with Crippen LogP contribution in [0.3, 0.4) is 0 Å². The first kappa shape index (κ1) is 15.0. The van der Waals surface area contributed by atoms with Crippen LogP contribution in [-0.2, 0) is 6.54 Å². The number of aromatic nitrogens is 1. The van der Waals surface area contributed by atoms with E-state index in [9.17, 15) is 0 Å². The normalized spacial score (nSPS) is 11.8. The molecular weight excluding hydrogens is 419 g/mol. The summed E-state index contributed by atoms with van der Waals surface area (Å²) in [6, 6.07) is 6.10. The summed E-state index contributed by atoms with van der Waals surface area (Å²) in [4.78, 5) is 4.52. The summed E-state index contributed by atoms with van der Waals surface area (Å²) in [5.41, 5.74) is 1.96. The maximum Gasteiger partial charge on any atom is 0.227 e. The molecular formula is C14H16BrIN2O. The van der Waals surface area contributed by atoms with Crippen molar-refractivity contribution < 1.29 is 4.42 Å². The summed E-state index contributed by atoms with van der Waals surface area (Å²) in [7, 11) is 0. The van der Waals surface area contributed by atoms with Crippen molar-refractivity contribution in [1.82, 2.24) is 10.3 Å². The molecule has 19 heavy (non-hydrogen) atoms. The maximum absolute atomic E-state index is 5.57. The molecule has 0 atom stereocenters. The molecule has 0 amide bonds. The molecule has 0 saturated carbocycles. The highest BCUT2D eigenvalue weighted by Gasteiger charge is 2.13. The van der Waals surface area contributed by atoms with E-state index in [1.807, 2.05) is 12.1 Å². The van der Waals surface area contributed by atoms with Crippen LogP contribution in [0.4, 0.5) is 0 Å². The van der Waals surface area contributed by atoms with Crippen molar-refractivity contribution in [2.24, 2.45) is 0 Å². The Bertz CT molecular complexity index is 575. The molecule has 1 N–H and O–H groups in total. The van der Waals surface area contributed by atoms with Crippen LogP contribution in [0.1, 0.15) is 26.5 Å². The Morgan fingerprint density at radius 2 is 2.11 bits per heavy atom. The third-order valence-electron chi connectivity index (χ3n) is 2.51. The molecule has 0 aliphatic rings. The van der Waals surface area contributed by atoms with Gasteiger partial charge in [0, 0.05) is 20.1 Å². The van der Waals surface area contributed by atoms with Crippen molar-refractivity contribution in [3.8, 4) is 11.5 Å². The Hall–Kier alpha value is -0.400. The van der Waals surface area contributed by atoms with Gasteiger partial charge in [-0.15, -0.1) is 0 Å². The highest BCUT2D eigenvalue weighted by atomic mass is 127. The fraction of sp³-hybridized carbons (Fsp3) is 0.357. The van der Waals surface area contributed by atoms with Gasteiger partial charge in [-0.3, -0.25) is 0 Å². The predicted octanol–water partition coefficient (Wildman–Crippen LogP) is 4.60. The molecule has 102 valence electrons. The second kappa shape index (κ2) is 5.93. The molecule has 0 radical (unpaired) electrons. The first-order chi connectivity index (χ1) is 8.85. The molecule has 2 rings (SSSR count). The molecule has 1 heterocycles. The van der Waals surface area contributed by atoms with Gasteiger partial charge in [-0.1, -0.05) is 0 Å². The van der Waals surface area contributed by atoms with Crippen LogP contribution < -0.4 is 5.32 Å². The smallest absolute Gasteiger partial charge is 0.227 e. The minimum Gasteiger partial charge on any atom is -0.444 e. The average molecular weight is 435 g/mol. The molecule has 0 spiro atoms. The van der Waals surface area contributed by atoms with Gasteiger partial charge in [0.2, 0.25) is 5.89 Å². The summed E-state index contributed by atoms with van der Waals surface area (Å²) >= 11 is 5.81. The largest absolute Gasteiger partial charge is 0.444 e. The molecule has 5 heteroatoms. The second-order valence-corrected chi connectivity index (χ2v) is 7.47. The molecule has 0 bridgehead atoms. The van der Waals surface area contributed by atoms with E-state index in [0.29, 0.717) is 12.4 Å². The first-order valence-electron chi connectivity index (χ1n) is 6.00. The quantitative estimate of drug-likeness (QED) is 0.717. The first-order valence-corrected chi connectivity index (χ1v) is 7.87. The van der Waals surface area contributed by atoms with E-state index >= 15 is 0 Å². The lowest BCUT2D eigenvalue weighted by molar-refractivity contribution is 0.421. The van der Waals surface area contributed by atoms with Gasteiger partial charge in [0.05, 0.1) is 11.3 Å². The van der Waals surface area contributed by atoms with Gasteiger partial charge in [-0.25, -0.2) is 4.98 Å². The number of hydrogen-bond acceptors (Lipinski definition) is 3. The summed E-state index contributed by atoms with van der Waals surface area (Å²) in [6.45, 7) is 7.09. The zero-order valence-electron chi connectivity index (χ0n) is 11.1. The van der Waals surface area contributed by atoms with Gasteiger partial charge in [-0.05, 0) is 77.5 Å². The number of benzene rings is 1. The van der Waals surface area contributed by atoms with Crippen molar-refractivity contribution >= 4 is 38.5 Å². The lowest BCUT2D eigenvalue weighted by atomic mass is 10.1. The van der Waals surface area contributed by atoms with Gasteiger partial charge >= 0.3 is 0 Å². The third-order valence-corrected chi connectivity index (χ3v) is 3.87. The zero-order chi connectivity index (χ0) is 14.0. The van der Waals surface area contributed by atoms with E-state index < -0.39 is 0 Å². The van der Waals surface area contributed by atoms with Crippen LogP contribution in [-0.4, -0.2) is 10.5 Å². The average Bonchev–Trinajstić information content (AvgIpc) is 2.77. The molecule has 0 unspecified atom stereocenters. The van der Waals surface area contributed by atoms with Crippen LogP contribution in [0.5, 0.6) is 0 Å². The van der Waals surface area contributed by atoms with Gasteiger partial charge < -0.3 is 9.73 Å². The Morgan fingerprint density at radius 1 is 1.37 bits per heavy atom. The molecule has 3 nitrogen and oxygen atoms in total. The van der Waals surface area contributed by atoms with Crippen molar-refractivity contribution in [3.05, 3.63) is 38.2 Å². The van der Waals surface area contributed by atoms with E-state index in [1.54, 1.807) is 6.26 Å². The van der Waals surface area contributed by atoms with Gasteiger partial charge in [-0.2, -0.15) is 0 Å². The number of hydrogen-bond donors (Lipinski definition) is 1. The topological polar surface area (TPSA) is 38.1 Å². The molecule has 0 fully saturated rings. The fourth-order valence-corrected chi connectivity index (χ4v) is 2.44. The van der Waals surface area contributed by atoms with Crippen molar-refractivity contribution in [3.63, 3.8) is 0 Å². The van der Waals surface area contributed by atoms with Gasteiger partial charge in [0.25, 0.3) is 0 Å². The van der Waals surface area contributed by atoms with Crippen LogP contribution in [0.2, 0.25) is 0 Å². The number of halogens is 2. The third kappa shape index (κ3) is 4.29. The molecule has 2 aromatic rings. The SMILES string of the molecule is CC(C)(C)NCc1coc(-c2cc(I)ccc2Br)n1. The Kier molecular flexibility index (Phi) is 4.68. The van der Waals surface area contributed by atoms with Gasteiger partial charge in [0.1, 0.15) is 6.26 Å². The van der Waals surface area contributed by atoms with Crippen LogP contribution in [0.15, 0.2) is 33.4 Å². The highest BCUT2D eigenvalue weighted by molar-refractivity contribution is 14.1. The van der Waals surface area contributed by atoms with Crippen LogP contribution in [0, 0.1) is 3.57 Å². The van der Waals surface area contributed by atoms with E-state index in [4.69, 9.17) is 4.42 Å². The highest BCUT2D eigenvalue weighted by Crippen LogP contribution is 2.29. The van der Waals surface area contributed by atoms with Crippen LogP contribution >= 0.6 is 38.5 Å². The van der Waals surface area contributed by atoms with E-state index in [2.05, 4.69) is 75.7 Å². The summed E-state index contributed by atoms with van der Waals surface area (Å²) in [5.74, 6) is 0.649. The molecule has 0 aliphatic heterocycles. The Labute approximate surface area is 135 Å². The molecule has 1 aromatic carbocycles. The van der Waals surface area contributed by atoms with E-state index in [-0.39, 0.29) is 5.54 Å². The van der Waals surface area contributed by atoms with Crippen molar-refractivity contribution in [1.29, 1.82) is 0 Å². The second-order valence-electron chi connectivity index (χ2n) is 5.37. The maximum atomic E-state index is 5.57. The summed E-state index contributed by atoms with van der Waals surface area (Å²) in [6.07, 6.45) is 1.71. The lowest BCUT2D eigenvalue weighted by Gasteiger charge is -2.19. The number of nitrogens with zero attached hydrogens (tertiary/aromatic N) is 1. The molecule has 1 aromatic heterocycles. The van der Waals surface area contributed by atoms with Gasteiger partial charge in [0.15, 0.2) is 0 Å². The fourth-order valence-electron chi connectivity index (χ4n) is 1.53. The van der Waals surface area contributed by atoms with E-state index in [1.165, 1.54) is 0 Å². The van der Waals surface area contributed by atoms with E-state index in [0.717, 1.165) is 19.3 Å². The Morgan fingerprint density at radius 3 is 2.79 bits per heavy atom. The van der Waals surface area contributed by atoms with Crippen LogP contribution in [0.25, 0.3) is 11.5 Å². The minimum atomic E-state index is 0.0713. The number of nitrogens with one attached hydrogen (secondary N) is 1. The van der Waals surface area contributed by atoms with Crippen molar-refractivity contribution in [2.45, 2.75) is 32.9 Å². The lowest BCUT2D eigenvalue weighted by Crippen LogP contribution is -2.35. The standard InChI is InChI=1S/C14H16BrIN2O/c1-14(2,3)17-7-10-8-19-13(18-10)11-6-9(16)4-5-12(11)15/h4-6,8,17H,7H2,1-3H3.